The van der Waals surface area contributed by atoms with E-state index < -0.39 is 39.4 Å². The van der Waals surface area contributed by atoms with E-state index >= 15 is 0 Å². The molecule has 5 atom stereocenters. The van der Waals surface area contributed by atoms with E-state index in [0.717, 1.165) is 5.56 Å². The lowest BCUT2D eigenvalue weighted by molar-refractivity contribution is -0.0618. The molecule has 1 aliphatic heterocycles. The number of aromatic nitrogens is 3. The molecule has 12 heteroatoms. The van der Waals surface area contributed by atoms with Crippen molar-refractivity contribution in [2.75, 3.05) is 19.5 Å². The third-order valence-electron chi connectivity index (χ3n) is 4.99. The summed E-state index contributed by atoms with van der Waals surface area (Å²) in [5.41, 5.74) is 8.17. The minimum Gasteiger partial charge on any atom is -0.460 e. The molecule has 2 aromatic heterocycles. The van der Waals surface area contributed by atoms with Gasteiger partial charge in [0.1, 0.15) is 24.3 Å². The van der Waals surface area contributed by atoms with Gasteiger partial charge >= 0.3 is 14.3 Å². The molecule has 31 heavy (non-hydrogen) atoms. The molecule has 3 aromatic rings. The quantitative estimate of drug-likeness (QED) is 0.432. The lowest BCUT2D eigenvalue weighted by Gasteiger charge is -2.21. The van der Waals surface area contributed by atoms with Crippen LogP contribution in [0, 0.1) is 0 Å². The Morgan fingerprint density at radius 1 is 1.26 bits per heavy atom. The Morgan fingerprint density at radius 3 is 2.71 bits per heavy atom. The van der Waals surface area contributed by atoms with Crippen molar-refractivity contribution >= 4 is 25.1 Å². The Balaban J connectivity index is 1.76. The highest BCUT2D eigenvalue weighted by Crippen LogP contribution is 2.41. The number of benzene rings is 1. The fourth-order valence-corrected chi connectivity index (χ4v) is 4.05. The first-order valence-electron chi connectivity index (χ1n) is 9.44. The summed E-state index contributed by atoms with van der Waals surface area (Å²) in [7, 11) is -1.54. The predicted molar refractivity (Wildman–Crippen MR) is 109 cm³/mol. The highest BCUT2D eigenvalue weighted by molar-refractivity contribution is 7.32. The van der Waals surface area contributed by atoms with Crippen LogP contribution in [0.5, 0.6) is 6.01 Å². The van der Waals surface area contributed by atoms with Gasteiger partial charge in [-0.3, -0.25) is 0 Å². The molecule has 164 valence electrons. The Bertz CT molecular complexity index is 1060. The van der Waals surface area contributed by atoms with Gasteiger partial charge in [0, 0.05) is 17.9 Å². The molecule has 3 heterocycles. The summed E-state index contributed by atoms with van der Waals surface area (Å²) in [6.45, 7) is -0.229. The van der Waals surface area contributed by atoms with Gasteiger partial charge in [-0.05, 0) is 11.6 Å². The van der Waals surface area contributed by atoms with Gasteiger partial charge < -0.3 is 25.1 Å². The second kappa shape index (κ2) is 9.23. The van der Waals surface area contributed by atoms with Gasteiger partial charge in [0.2, 0.25) is 0 Å². The van der Waals surface area contributed by atoms with Crippen LogP contribution in [0.2, 0.25) is 0 Å². The molecule has 0 bridgehead atoms. The monoisotopic (exact) mass is 449 g/mol. The zero-order valence-electron chi connectivity index (χ0n) is 16.6. The number of anilines is 1. The van der Waals surface area contributed by atoms with Crippen LogP contribution < -0.4 is 10.5 Å². The van der Waals surface area contributed by atoms with E-state index in [9.17, 15) is 14.6 Å². The third-order valence-corrected chi connectivity index (χ3v) is 5.42. The summed E-state index contributed by atoms with van der Waals surface area (Å²) in [5.74, 6) is 0. The summed E-state index contributed by atoms with van der Waals surface area (Å²) in [4.78, 5) is 18.1. The first-order valence-corrected chi connectivity index (χ1v) is 10.6. The van der Waals surface area contributed by atoms with Crippen molar-refractivity contribution in [3.63, 3.8) is 0 Å². The number of nitrogens with zero attached hydrogens (tertiary/aromatic N) is 3. The molecule has 0 amide bonds. The van der Waals surface area contributed by atoms with Crippen LogP contribution in [0.3, 0.4) is 0 Å². The van der Waals surface area contributed by atoms with E-state index in [0.29, 0.717) is 16.9 Å². The van der Waals surface area contributed by atoms with E-state index in [1.54, 1.807) is 10.6 Å². The number of fused-ring (bicyclic) bond motifs is 1. The predicted octanol–water partition coefficient (Wildman–Crippen LogP) is 1.53. The number of aliphatic hydroxyl groups is 1. The van der Waals surface area contributed by atoms with E-state index in [1.165, 1.54) is 13.3 Å². The molecule has 1 saturated heterocycles. The average Bonchev–Trinajstić information content (AvgIpc) is 3.30. The Hall–Kier alpha value is -2.66. The van der Waals surface area contributed by atoms with E-state index in [2.05, 4.69) is 9.97 Å². The number of methoxy groups -OCH3 is 1. The van der Waals surface area contributed by atoms with Crippen LogP contribution in [0.4, 0.5) is 5.69 Å². The van der Waals surface area contributed by atoms with Crippen LogP contribution >= 0.6 is 8.25 Å². The molecule has 4 unspecified atom stereocenters. The van der Waals surface area contributed by atoms with Crippen molar-refractivity contribution in [1.82, 2.24) is 14.5 Å². The number of hydrogen-bond acceptors (Lipinski definition) is 9. The molecule has 0 radical (unpaired) electrons. The molecule has 1 fully saturated rings. The fraction of sp³-hybridized carbons (Fsp3) is 0.368. The number of hydrogen-bond donors (Lipinski definition) is 3. The molecule has 0 aliphatic carbocycles. The SMILES string of the molecule is COC1C(n2c(OCc3ccccc3)nc3c(N)ccnc32)OC(CO)[C@H]1O[P+](=O)O. The number of nitrogens with two attached hydrogens (primary N) is 1. The first kappa shape index (κ1) is 21.6. The zero-order valence-corrected chi connectivity index (χ0v) is 17.5. The number of ether oxygens (including phenoxy) is 3. The fourth-order valence-electron chi connectivity index (χ4n) is 3.59. The molecule has 1 aromatic carbocycles. The van der Waals surface area contributed by atoms with Gasteiger partial charge in [-0.1, -0.05) is 30.3 Å². The van der Waals surface area contributed by atoms with Crippen molar-refractivity contribution in [3.8, 4) is 6.01 Å². The maximum Gasteiger partial charge on any atom is 0.695 e. The third kappa shape index (κ3) is 4.24. The second-order valence-electron chi connectivity index (χ2n) is 6.87. The highest BCUT2D eigenvalue weighted by Gasteiger charge is 2.52. The molecule has 4 rings (SSSR count). The first-order chi connectivity index (χ1) is 15.0. The highest BCUT2D eigenvalue weighted by atomic mass is 31.1. The molecular formula is C19H22N4O7P+. The van der Waals surface area contributed by atoms with E-state index in [4.69, 9.17) is 24.5 Å². The van der Waals surface area contributed by atoms with Crippen LogP contribution in [0.25, 0.3) is 11.2 Å². The smallest absolute Gasteiger partial charge is 0.460 e. The van der Waals surface area contributed by atoms with E-state index in [-0.39, 0.29) is 12.6 Å². The summed E-state index contributed by atoms with van der Waals surface area (Å²) in [6.07, 6.45) is -2.17. The van der Waals surface area contributed by atoms with Gasteiger partial charge in [0.25, 0.3) is 0 Å². The van der Waals surface area contributed by atoms with Gasteiger partial charge in [-0.2, -0.15) is 4.98 Å². The van der Waals surface area contributed by atoms with Crippen molar-refractivity contribution in [2.45, 2.75) is 31.1 Å². The second-order valence-corrected chi connectivity index (χ2v) is 7.55. The lowest BCUT2D eigenvalue weighted by atomic mass is 10.1. The summed E-state index contributed by atoms with van der Waals surface area (Å²) in [6, 6.07) is 11.3. The minimum atomic E-state index is -2.95. The van der Waals surface area contributed by atoms with Gasteiger partial charge in [0.05, 0.1) is 12.3 Å². The van der Waals surface area contributed by atoms with Crippen LogP contribution in [-0.2, 0) is 25.2 Å². The standard InChI is InChI=1S/C19H21N4O7P/c1-27-16-15(30-31(25)26)13(9-24)29-18(16)23-17-14(12(20)7-8-21-17)22-19(23)28-10-11-5-3-2-4-6-11/h2-8,13,15-16,18,24H,9-10H2,1H3,(H2-,20,21,25,26)/p+1/t13?,15-,16?,18?/m1/s1. The molecule has 4 N–H and O–H groups in total. The Morgan fingerprint density at radius 2 is 2.03 bits per heavy atom. The summed E-state index contributed by atoms with van der Waals surface area (Å²) < 4.78 is 35.4. The Labute approximate surface area is 178 Å². The van der Waals surface area contributed by atoms with Crippen molar-refractivity contribution < 1.29 is 33.3 Å². The lowest BCUT2D eigenvalue weighted by Crippen LogP contribution is -2.36. The van der Waals surface area contributed by atoms with Crippen LogP contribution in [-0.4, -0.2) is 56.6 Å². The maximum absolute atomic E-state index is 11.3. The van der Waals surface area contributed by atoms with Crippen molar-refractivity contribution in [2.24, 2.45) is 0 Å². The number of nitrogen functional groups attached to an aromatic ring is 1. The number of aliphatic hydroxyl groups excluding tert-OH is 1. The van der Waals surface area contributed by atoms with Gasteiger partial charge in [-0.15, -0.1) is 9.42 Å². The number of imidazole rings is 1. The average molecular weight is 449 g/mol. The largest absolute Gasteiger partial charge is 0.695 e. The van der Waals surface area contributed by atoms with Crippen LogP contribution in [0.15, 0.2) is 42.6 Å². The zero-order chi connectivity index (χ0) is 22.0. The topological polar surface area (TPSA) is 151 Å². The molecule has 11 nitrogen and oxygen atoms in total. The molecular weight excluding hydrogens is 427 g/mol. The normalized spacial score (nSPS) is 23.9. The minimum absolute atomic E-state index is 0.169. The van der Waals surface area contributed by atoms with Crippen LogP contribution in [0.1, 0.15) is 11.8 Å². The summed E-state index contributed by atoms with van der Waals surface area (Å²) >= 11 is 0. The van der Waals surface area contributed by atoms with Crippen molar-refractivity contribution in [3.05, 3.63) is 48.2 Å². The molecule has 0 spiro atoms. The molecule has 0 saturated carbocycles. The summed E-state index contributed by atoms with van der Waals surface area (Å²) in [5, 5.41) is 9.73. The Kier molecular flexibility index (Phi) is 6.42. The number of rotatable bonds is 8. The van der Waals surface area contributed by atoms with E-state index in [1.807, 2.05) is 30.3 Å². The molecule has 1 aliphatic rings. The number of pyridine rings is 1. The van der Waals surface area contributed by atoms with Crippen molar-refractivity contribution in [1.29, 1.82) is 0 Å². The maximum atomic E-state index is 11.3. The van der Waals surface area contributed by atoms with Gasteiger partial charge in [0.15, 0.2) is 18.0 Å². The van der Waals surface area contributed by atoms with Gasteiger partial charge in [-0.25, -0.2) is 9.55 Å².